The summed E-state index contributed by atoms with van der Waals surface area (Å²) < 4.78 is 11.7. The molecule has 1 aromatic rings. The molecule has 7 nitrogen and oxygen atoms in total. The van der Waals surface area contributed by atoms with Crippen molar-refractivity contribution < 1.29 is 9.47 Å². The fourth-order valence-corrected chi connectivity index (χ4v) is 4.64. The first-order valence-electron chi connectivity index (χ1n) is 9.82. The van der Waals surface area contributed by atoms with Crippen molar-refractivity contribution >= 4 is 5.82 Å². The molecule has 0 N–H and O–H groups in total. The Kier molecular flexibility index (Phi) is 5.29. The molecule has 3 aliphatic heterocycles. The van der Waals surface area contributed by atoms with E-state index in [4.69, 9.17) is 9.47 Å². The lowest BCUT2D eigenvalue weighted by molar-refractivity contribution is -0.00753. The second kappa shape index (κ2) is 7.66. The van der Waals surface area contributed by atoms with Crippen LogP contribution in [-0.4, -0.2) is 91.9 Å². The van der Waals surface area contributed by atoms with Crippen molar-refractivity contribution in [2.75, 3.05) is 71.5 Å². The van der Waals surface area contributed by atoms with E-state index >= 15 is 0 Å². The standard InChI is InChI=1S/C19H31N5O2/c1-22-6-8-23(9-7-22)12-16-11-19(26-13-16)4-3-5-24(14-19)17-10-18(25-2)21-15-20-17/h10,15-16H,3-9,11-14H2,1-2H3/t16-,19-/m1/s1. The number of hydrogen-bond acceptors (Lipinski definition) is 7. The predicted octanol–water partition coefficient (Wildman–Crippen LogP) is 1.11. The van der Waals surface area contributed by atoms with Crippen LogP contribution >= 0.6 is 0 Å². The maximum atomic E-state index is 6.41. The summed E-state index contributed by atoms with van der Waals surface area (Å²) in [5.41, 5.74) is -0.00627. The Balaban J connectivity index is 1.36. The van der Waals surface area contributed by atoms with E-state index < -0.39 is 0 Å². The summed E-state index contributed by atoms with van der Waals surface area (Å²) in [5.74, 6) is 2.22. The maximum Gasteiger partial charge on any atom is 0.218 e. The van der Waals surface area contributed by atoms with Crippen LogP contribution in [0.5, 0.6) is 5.88 Å². The Hall–Kier alpha value is -1.44. The molecular formula is C19H31N5O2. The molecule has 1 spiro atoms. The zero-order valence-electron chi connectivity index (χ0n) is 16.1. The first-order chi connectivity index (χ1) is 12.7. The third kappa shape index (κ3) is 3.94. The van der Waals surface area contributed by atoms with Gasteiger partial charge in [-0.2, -0.15) is 0 Å². The molecule has 0 bridgehead atoms. The van der Waals surface area contributed by atoms with E-state index in [1.807, 2.05) is 6.07 Å². The Morgan fingerprint density at radius 1 is 1.23 bits per heavy atom. The minimum atomic E-state index is -0.00627. The summed E-state index contributed by atoms with van der Waals surface area (Å²) in [6, 6.07) is 1.93. The molecule has 3 fully saturated rings. The van der Waals surface area contributed by atoms with Gasteiger partial charge in [0.25, 0.3) is 0 Å². The van der Waals surface area contributed by atoms with Gasteiger partial charge in [0.05, 0.1) is 19.3 Å². The molecule has 0 amide bonds. The molecular weight excluding hydrogens is 330 g/mol. The number of ether oxygens (including phenoxy) is 2. The van der Waals surface area contributed by atoms with Crippen LogP contribution in [0.1, 0.15) is 19.3 Å². The summed E-state index contributed by atoms with van der Waals surface area (Å²) in [4.78, 5) is 15.9. The Bertz CT molecular complexity index is 607. The molecule has 0 aliphatic carbocycles. The number of piperidine rings is 1. The van der Waals surface area contributed by atoms with Gasteiger partial charge in [-0.1, -0.05) is 0 Å². The van der Waals surface area contributed by atoms with Gasteiger partial charge in [0.2, 0.25) is 5.88 Å². The highest BCUT2D eigenvalue weighted by atomic mass is 16.5. The number of nitrogens with zero attached hydrogens (tertiary/aromatic N) is 5. The van der Waals surface area contributed by atoms with Crippen molar-refractivity contribution in [1.82, 2.24) is 19.8 Å². The lowest BCUT2D eigenvalue weighted by Crippen LogP contribution is -2.49. The summed E-state index contributed by atoms with van der Waals surface area (Å²) in [6.07, 6.45) is 5.05. The quantitative estimate of drug-likeness (QED) is 0.796. The van der Waals surface area contributed by atoms with E-state index in [0.29, 0.717) is 11.8 Å². The first-order valence-corrected chi connectivity index (χ1v) is 9.82. The molecule has 1 aromatic heterocycles. The lowest BCUT2D eigenvalue weighted by Gasteiger charge is -2.40. The lowest BCUT2D eigenvalue weighted by atomic mass is 9.86. The monoisotopic (exact) mass is 361 g/mol. The van der Waals surface area contributed by atoms with Crippen molar-refractivity contribution in [3.8, 4) is 5.88 Å². The topological polar surface area (TPSA) is 54.0 Å². The summed E-state index contributed by atoms with van der Waals surface area (Å²) in [5, 5.41) is 0. The van der Waals surface area contributed by atoms with Crippen molar-refractivity contribution in [3.63, 3.8) is 0 Å². The predicted molar refractivity (Wildman–Crippen MR) is 101 cm³/mol. The molecule has 7 heteroatoms. The highest BCUT2D eigenvalue weighted by molar-refractivity contribution is 5.42. The van der Waals surface area contributed by atoms with Crippen LogP contribution in [-0.2, 0) is 4.74 Å². The molecule has 26 heavy (non-hydrogen) atoms. The molecule has 4 rings (SSSR count). The number of likely N-dealkylation sites (N-methyl/N-ethyl adjacent to an activating group) is 1. The van der Waals surface area contributed by atoms with Gasteiger partial charge in [-0.05, 0) is 32.2 Å². The molecule has 3 aliphatic rings. The second-order valence-electron chi connectivity index (χ2n) is 8.11. The van der Waals surface area contributed by atoms with Crippen molar-refractivity contribution in [3.05, 3.63) is 12.4 Å². The van der Waals surface area contributed by atoms with Crippen LogP contribution in [0.3, 0.4) is 0 Å². The molecule has 0 aromatic carbocycles. The molecule has 144 valence electrons. The Labute approximate surface area is 156 Å². The van der Waals surface area contributed by atoms with Gasteiger partial charge >= 0.3 is 0 Å². The van der Waals surface area contributed by atoms with Gasteiger partial charge in [0, 0.05) is 51.9 Å². The van der Waals surface area contributed by atoms with Crippen LogP contribution in [0.15, 0.2) is 12.4 Å². The Morgan fingerprint density at radius 2 is 2.08 bits per heavy atom. The number of methoxy groups -OCH3 is 1. The molecule has 0 saturated carbocycles. The van der Waals surface area contributed by atoms with Crippen molar-refractivity contribution in [2.24, 2.45) is 5.92 Å². The van der Waals surface area contributed by atoms with Gasteiger partial charge in [-0.15, -0.1) is 0 Å². The molecule has 4 heterocycles. The third-order valence-electron chi connectivity index (χ3n) is 6.10. The fraction of sp³-hybridized carbons (Fsp3) is 0.789. The highest BCUT2D eigenvalue weighted by Gasteiger charge is 2.44. The van der Waals surface area contributed by atoms with Gasteiger partial charge in [-0.3, -0.25) is 0 Å². The van der Waals surface area contributed by atoms with E-state index in [1.165, 1.54) is 32.7 Å². The Morgan fingerprint density at radius 3 is 2.88 bits per heavy atom. The average Bonchev–Trinajstić information content (AvgIpc) is 3.05. The van der Waals surface area contributed by atoms with Crippen molar-refractivity contribution in [1.29, 1.82) is 0 Å². The van der Waals surface area contributed by atoms with E-state index in [1.54, 1.807) is 13.4 Å². The van der Waals surface area contributed by atoms with E-state index in [2.05, 4.69) is 31.7 Å². The van der Waals surface area contributed by atoms with Crippen LogP contribution < -0.4 is 9.64 Å². The van der Waals surface area contributed by atoms with E-state index in [0.717, 1.165) is 44.8 Å². The summed E-state index contributed by atoms with van der Waals surface area (Å²) >= 11 is 0. The van der Waals surface area contributed by atoms with Crippen LogP contribution in [0.4, 0.5) is 5.82 Å². The molecule has 3 saturated heterocycles. The minimum absolute atomic E-state index is 0.00627. The molecule has 2 atom stereocenters. The first kappa shape index (κ1) is 17.9. The number of aromatic nitrogens is 2. The third-order valence-corrected chi connectivity index (χ3v) is 6.10. The van der Waals surface area contributed by atoms with Crippen molar-refractivity contribution in [2.45, 2.75) is 24.9 Å². The largest absolute Gasteiger partial charge is 0.481 e. The van der Waals surface area contributed by atoms with Crippen LogP contribution in [0, 0.1) is 5.92 Å². The van der Waals surface area contributed by atoms with Gasteiger partial charge in [0.1, 0.15) is 12.1 Å². The zero-order chi connectivity index (χ0) is 18.0. The summed E-state index contributed by atoms with van der Waals surface area (Å²) in [6.45, 7) is 8.76. The van der Waals surface area contributed by atoms with E-state index in [-0.39, 0.29) is 5.60 Å². The number of piperazine rings is 1. The fourth-order valence-electron chi connectivity index (χ4n) is 4.64. The minimum Gasteiger partial charge on any atom is -0.481 e. The number of hydrogen-bond donors (Lipinski definition) is 0. The van der Waals surface area contributed by atoms with Gasteiger partial charge in [-0.25, -0.2) is 9.97 Å². The zero-order valence-corrected chi connectivity index (χ0v) is 16.1. The summed E-state index contributed by atoms with van der Waals surface area (Å²) in [7, 11) is 3.86. The van der Waals surface area contributed by atoms with Gasteiger partial charge in [0.15, 0.2) is 0 Å². The van der Waals surface area contributed by atoms with E-state index in [9.17, 15) is 0 Å². The maximum absolute atomic E-state index is 6.41. The highest BCUT2D eigenvalue weighted by Crippen LogP contribution is 2.39. The van der Waals surface area contributed by atoms with Crippen LogP contribution in [0.25, 0.3) is 0 Å². The molecule has 0 unspecified atom stereocenters. The molecule has 0 radical (unpaired) electrons. The number of anilines is 1. The number of rotatable bonds is 4. The van der Waals surface area contributed by atoms with Crippen LogP contribution in [0.2, 0.25) is 0 Å². The second-order valence-corrected chi connectivity index (χ2v) is 8.11. The normalized spacial score (nSPS) is 30.8. The SMILES string of the molecule is COc1cc(N2CCC[C@@]3(C[C@H](CN4CCN(C)CC4)CO3)C2)ncn1. The average molecular weight is 361 g/mol. The smallest absolute Gasteiger partial charge is 0.218 e. The van der Waals surface area contributed by atoms with Gasteiger partial charge < -0.3 is 24.2 Å².